The molecular formula is C14H9ClF2O3S. The molecule has 1 heterocycles. The molecule has 0 aliphatic rings. The van der Waals surface area contributed by atoms with Crippen molar-refractivity contribution in [3.8, 4) is 5.75 Å². The first-order valence-electron chi connectivity index (χ1n) is 5.73. The van der Waals surface area contributed by atoms with Crippen LogP contribution in [-0.2, 0) is 11.4 Å². The number of rotatable bonds is 5. The summed E-state index contributed by atoms with van der Waals surface area (Å²) in [7, 11) is 0. The van der Waals surface area contributed by atoms with Crippen molar-refractivity contribution in [2.24, 2.45) is 0 Å². The number of halogens is 3. The molecule has 110 valence electrons. The lowest BCUT2D eigenvalue weighted by Crippen LogP contribution is -1.99. The van der Waals surface area contributed by atoms with Gasteiger partial charge in [0.05, 0.1) is 4.34 Å². The fourth-order valence-electron chi connectivity index (χ4n) is 1.55. The van der Waals surface area contributed by atoms with Crippen LogP contribution >= 0.6 is 22.9 Å². The predicted octanol–water partition coefficient (Wildman–Crippen LogP) is 4.36. The third-order valence-corrected chi connectivity index (χ3v) is 3.63. The number of benzene rings is 1. The van der Waals surface area contributed by atoms with E-state index in [2.05, 4.69) is 0 Å². The van der Waals surface area contributed by atoms with Crippen LogP contribution in [0, 0.1) is 11.6 Å². The van der Waals surface area contributed by atoms with Gasteiger partial charge in [0, 0.05) is 11.0 Å². The third kappa shape index (κ3) is 4.27. The minimum atomic E-state index is -1.20. The van der Waals surface area contributed by atoms with Gasteiger partial charge < -0.3 is 9.84 Å². The Hall–Kier alpha value is -1.92. The molecular weight excluding hydrogens is 322 g/mol. The van der Waals surface area contributed by atoms with Gasteiger partial charge in [-0.15, -0.1) is 11.3 Å². The van der Waals surface area contributed by atoms with E-state index < -0.39 is 23.4 Å². The summed E-state index contributed by atoms with van der Waals surface area (Å²) in [5.41, 5.74) is 0.0962. The SMILES string of the molecule is O=C(O)C=Cc1cc(F)c(OCc2ccc(Cl)s2)c(F)c1. The van der Waals surface area contributed by atoms with E-state index in [0.29, 0.717) is 4.34 Å². The van der Waals surface area contributed by atoms with Gasteiger partial charge in [0.25, 0.3) is 0 Å². The van der Waals surface area contributed by atoms with E-state index in [1.807, 2.05) is 0 Å². The number of carboxylic acids is 1. The van der Waals surface area contributed by atoms with E-state index in [4.69, 9.17) is 21.4 Å². The predicted molar refractivity (Wildman–Crippen MR) is 76.7 cm³/mol. The minimum Gasteiger partial charge on any atom is -0.482 e. The van der Waals surface area contributed by atoms with Crippen LogP contribution in [0.15, 0.2) is 30.3 Å². The summed E-state index contributed by atoms with van der Waals surface area (Å²) in [6.45, 7) is -0.00443. The molecule has 2 rings (SSSR count). The van der Waals surface area contributed by atoms with Crippen molar-refractivity contribution in [3.05, 3.63) is 56.8 Å². The highest BCUT2D eigenvalue weighted by Crippen LogP contribution is 2.27. The molecule has 2 aromatic rings. The van der Waals surface area contributed by atoms with Gasteiger partial charge in [0.2, 0.25) is 0 Å². The van der Waals surface area contributed by atoms with Crippen molar-refractivity contribution in [2.45, 2.75) is 6.61 Å². The van der Waals surface area contributed by atoms with Gasteiger partial charge in [-0.2, -0.15) is 0 Å². The van der Waals surface area contributed by atoms with Gasteiger partial charge in [0.15, 0.2) is 17.4 Å². The number of aliphatic carboxylic acids is 1. The van der Waals surface area contributed by atoms with Gasteiger partial charge in [-0.1, -0.05) is 11.6 Å². The summed E-state index contributed by atoms with van der Waals surface area (Å²) >= 11 is 7.00. The van der Waals surface area contributed by atoms with E-state index in [1.165, 1.54) is 11.3 Å². The van der Waals surface area contributed by atoms with Gasteiger partial charge in [-0.25, -0.2) is 13.6 Å². The lowest BCUT2D eigenvalue weighted by atomic mass is 10.2. The van der Waals surface area contributed by atoms with Gasteiger partial charge >= 0.3 is 5.97 Å². The molecule has 7 heteroatoms. The maximum atomic E-state index is 13.8. The zero-order chi connectivity index (χ0) is 15.4. The van der Waals surface area contributed by atoms with Crippen LogP contribution in [-0.4, -0.2) is 11.1 Å². The van der Waals surface area contributed by atoms with Crippen LogP contribution in [0.2, 0.25) is 4.34 Å². The number of carboxylic acid groups (broad SMARTS) is 1. The second-order valence-corrected chi connectivity index (χ2v) is 5.78. The first-order valence-corrected chi connectivity index (χ1v) is 6.92. The van der Waals surface area contributed by atoms with Crippen LogP contribution in [0.1, 0.15) is 10.4 Å². The molecule has 0 radical (unpaired) electrons. The Morgan fingerprint density at radius 2 is 2.00 bits per heavy atom. The topological polar surface area (TPSA) is 46.5 Å². The average Bonchev–Trinajstić information content (AvgIpc) is 2.81. The summed E-state index contributed by atoms with van der Waals surface area (Å²) in [6, 6.07) is 5.36. The normalized spacial score (nSPS) is 11.0. The van der Waals surface area contributed by atoms with E-state index in [-0.39, 0.29) is 12.2 Å². The van der Waals surface area contributed by atoms with Crippen molar-refractivity contribution in [3.63, 3.8) is 0 Å². The summed E-state index contributed by atoms with van der Waals surface area (Å²) < 4.78 is 33.2. The summed E-state index contributed by atoms with van der Waals surface area (Å²) in [5, 5.41) is 8.47. The average molecular weight is 331 g/mol. The highest BCUT2D eigenvalue weighted by molar-refractivity contribution is 7.16. The number of hydrogen-bond donors (Lipinski definition) is 1. The summed E-state index contributed by atoms with van der Waals surface area (Å²) in [4.78, 5) is 11.1. The molecule has 0 aliphatic carbocycles. The summed E-state index contributed by atoms with van der Waals surface area (Å²) in [5.74, 6) is -3.51. The lowest BCUT2D eigenvalue weighted by Gasteiger charge is -2.08. The number of carbonyl (C=O) groups is 1. The molecule has 0 bridgehead atoms. The molecule has 21 heavy (non-hydrogen) atoms. The van der Waals surface area contributed by atoms with Gasteiger partial charge in [-0.05, 0) is 35.9 Å². The second kappa shape index (κ2) is 6.69. The maximum Gasteiger partial charge on any atom is 0.328 e. The highest BCUT2D eigenvalue weighted by Gasteiger charge is 2.12. The van der Waals surface area contributed by atoms with Gasteiger partial charge in [0.1, 0.15) is 6.61 Å². The van der Waals surface area contributed by atoms with E-state index in [9.17, 15) is 13.6 Å². The van der Waals surface area contributed by atoms with Gasteiger partial charge in [-0.3, -0.25) is 0 Å². The van der Waals surface area contributed by atoms with Crippen LogP contribution in [0.3, 0.4) is 0 Å². The fourth-order valence-corrected chi connectivity index (χ4v) is 2.55. The van der Waals surface area contributed by atoms with Crippen LogP contribution in [0.4, 0.5) is 8.78 Å². The molecule has 0 aliphatic heterocycles. The quantitative estimate of drug-likeness (QED) is 0.829. The monoisotopic (exact) mass is 330 g/mol. The summed E-state index contributed by atoms with van der Waals surface area (Å²) in [6.07, 6.45) is 1.89. The Morgan fingerprint density at radius 3 is 2.52 bits per heavy atom. The fraction of sp³-hybridized carbons (Fsp3) is 0.0714. The number of thiophene rings is 1. The van der Waals surface area contributed by atoms with Crippen LogP contribution in [0.25, 0.3) is 6.08 Å². The number of hydrogen-bond acceptors (Lipinski definition) is 3. The Kier molecular flexibility index (Phi) is 4.93. The van der Waals surface area contributed by atoms with Crippen molar-refractivity contribution in [2.75, 3.05) is 0 Å². The first-order chi connectivity index (χ1) is 9.95. The molecule has 1 aromatic heterocycles. The molecule has 0 saturated carbocycles. The molecule has 0 atom stereocenters. The van der Waals surface area contributed by atoms with Crippen molar-refractivity contribution >= 4 is 35.0 Å². The maximum absolute atomic E-state index is 13.8. The van der Waals surface area contributed by atoms with Crippen molar-refractivity contribution < 1.29 is 23.4 Å². The van der Waals surface area contributed by atoms with Crippen molar-refractivity contribution in [1.82, 2.24) is 0 Å². The van der Waals surface area contributed by atoms with Crippen LogP contribution < -0.4 is 4.74 Å². The molecule has 3 nitrogen and oxygen atoms in total. The standard InChI is InChI=1S/C14H9ClF2O3S/c15-12-3-2-9(21-12)7-20-14-10(16)5-8(6-11(14)17)1-4-13(18)19/h1-6H,7H2,(H,18,19). The van der Waals surface area contributed by atoms with Crippen molar-refractivity contribution in [1.29, 1.82) is 0 Å². The zero-order valence-electron chi connectivity index (χ0n) is 10.5. The molecule has 0 fully saturated rings. The third-order valence-electron chi connectivity index (χ3n) is 2.43. The largest absolute Gasteiger partial charge is 0.482 e. The Balaban J connectivity index is 2.15. The van der Waals surface area contributed by atoms with E-state index >= 15 is 0 Å². The molecule has 0 amide bonds. The molecule has 0 saturated heterocycles. The smallest absolute Gasteiger partial charge is 0.328 e. The Bertz CT molecular complexity index is 674. The second-order valence-electron chi connectivity index (χ2n) is 3.98. The Morgan fingerprint density at radius 1 is 1.33 bits per heavy atom. The number of ether oxygens (including phenoxy) is 1. The Labute approximate surface area is 128 Å². The van der Waals surface area contributed by atoms with Crippen LogP contribution in [0.5, 0.6) is 5.75 Å². The zero-order valence-corrected chi connectivity index (χ0v) is 12.0. The molecule has 0 unspecified atom stereocenters. The van der Waals surface area contributed by atoms with E-state index in [0.717, 1.165) is 29.2 Å². The van der Waals surface area contributed by atoms with E-state index in [1.54, 1.807) is 12.1 Å². The molecule has 0 spiro atoms. The molecule has 1 N–H and O–H groups in total. The minimum absolute atomic E-state index is 0.00443. The highest BCUT2D eigenvalue weighted by atomic mass is 35.5. The first kappa shape index (κ1) is 15.5. The lowest BCUT2D eigenvalue weighted by molar-refractivity contribution is -0.131. The molecule has 1 aromatic carbocycles.